The molecule has 2 nitrogen and oxygen atoms in total. The molecule has 118 valence electrons. The van der Waals surface area contributed by atoms with Gasteiger partial charge in [0.15, 0.2) is 12.7 Å². The van der Waals surface area contributed by atoms with E-state index in [1.807, 2.05) is 30.3 Å². The summed E-state index contributed by atoms with van der Waals surface area (Å²) in [5.41, 5.74) is 4.23. The van der Waals surface area contributed by atoms with Crippen molar-refractivity contribution in [1.82, 2.24) is 0 Å². The van der Waals surface area contributed by atoms with Gasteiger partial charge in [-0.2, -0.15) is 9.83 Å². The molecule has 0 unspecified atom stereocenters. The number of hydrogen-bond acceptors (Lipinski definition) is 1. The van der Waals surface area contributed by atoms with Gasteiger partial charge in [0, 0.05) is 17.2 Å². The van der Waals surface area contributed by atoms with E-state index in [4.69, 9.17) is 5.26 Å². The second-order valence-electron chi connectivity index (χ2n) is 6.05. The molecule has 0 spiro atoms. The lowest BCUT2D eigenvalue weighted by Gasteiger charge is -2.08. The van der Waals surface area contributed by atoms with Crippen LogP contribution in [0.3, 0.4) is 0 Å². The molecule has 3 aromatic carbocycles. The molecule has 0 amide bonds. The minimum absolute atomic E-state index is 0.679. The summed E-state index contributed by atoms with van der Waals surface area (Å²) in [6, 6.07) is 31.1. The maximum absolute atomic E-state index is 9.07. The van der Waals surface area contributed by atoms with Crippen LogP contribution in [-0.2, 0) is 6.54 Å². The van der Waals surface area contributed by atoms with Crippen molar-refractivity contribution in [2.24, 2.45) is 0 Å². The molecule has 0 radical (unpaired) electrons. The summed E-state index contributed by atoms with van der Waals surface area (Å²) >= 11 is 0. The van der Waals surface area contributed by atoms with Gasteiger partial charge in [-0.15, -0.1) is 0 Å². The van der Waals surface area contributed by atoms with Gasteiger partial charge in [0.25, 0.3) is 0 Å². The molecule has 1 heterocycles. The van der Waals surface area contributed by atoms with Crippen molar-refractivity contribution in [2.45, 2.75) is 6.54 Å². The van der Waals surface area contributed by atoms with Gasteiger partial charge in [0.2, 0.25) is 5.69 Å². The molecule has 0 saturated carbocycles. The standard InChI is InChI=1S/C23H17N2/c24-16-18-10-12-21(13-11-18)23-22-9-5-4-8-20(22)14-15-25(23)17-19-6-2-1-3-7-19/h1-15H,17H2/q+1. The van der Waals surface area contributed by atoms with E-state index in [1.165, 1.54) is 22.0 Å². The minimum Gasteiger partial charge on any atom is -0.193 e. The summed E-state index contributed by atoms with van der Waals surface area (Å²) in [5, 5.41) is 11.5. The van der Waals surface area contributed by atoms with E-state index in [9.17, 15) is 0 Å². The Balaban J connectivity index is 1.91. The van der Waals surface area contributed by atoms with E-state index in [0.29, 0.717) is 5.56 Å². The second kappa shape index (κ2) is 6.59. The molecule has 25 heavy (non-hydrogen) atoms. The van der Waals surface area contributed by atoms with E-state index in [1.54, 1.807) is 0 Å². The molecule has 0 bridgehead atoms. The first-order valence-electron chi connectivity index (χ1n) is 8.31. The lowest BCUT2D eigenvalue weighted by molar-refractivity contribution is -0.676. The fourth-order valence-corrected chi connectivity index (χ4v) is 3.19. The highest BCUT2D eigenvalue weighted by atomic mass is 15.0. The lowest BCUT2D eigenvalue weighted by atomic mass is 10.0. The SMILES string of the molecule is N#Cc1ccc(-c2c3ccccc3cc[n+]2Cc2ccccc2)cc1. The third kappa shape index (κ3) is 3.00. The predicted molar refractivity (Wildman–Crippen MR) is 99.8 cm³/mol. The highest BCUT2D eigenvalue weighted by molar-refractivity contribution is 5.92. The molecular weight excluding hydrogens is 304 g/mol. The van der Waals surface area contributed by atoms with Crippen LogP contribution in [0.1, 0.15) is 11.1 Å². The van der Waals surface area contributed by atoms with E-state index < -0.39 is 0 Å². The van der Waals surface area contributed by atoms with E-state index in [0.717, 1.165) is 12.1 Å². The monoisotopic (exact) mass is 321 g/mol. The molecule has 0 atom stereocenters. The van der Waals surface area contributed by atoms with Gasteiger partial charge in [-0.05, 0) is 35.7 Å². The van der Waals surface area contributed by atoms with Crippen LogP contribution in [0.4, 0.5) is 0 Å². The van der Waals surface area contributed by atoms with Gasteiger partial charge in [-0.1, -0.05) is 48.5 Å². The van der Waals surface area contributed by atoms with Crippen LogP contribution in [0.25, 0.3) is 22.0 Å². The predicted octanol–water partition coefficient (Wildman–Crippen LogP) is 4.71. The van der Waals surface area contributed by atoms with Gasteiger partial charge < -0.3 is 0 Å². The maximum atomic E-state index is 9.07. The average molecular weight is 321 g/mol. The molecule has 1 aromatic heterocycles. The Hall–Kier alpha value is -3.44. The van der Waals surface area contributed by atoms with Crippen molar-refractivity contribution < 1.29 is 4.57 Å². The summed E-state index contributed by atoms with van der Waals surface area (Å²) in [6.07, 6.45) is 2.14. The fourth-order valence-electron chi connectivity index (χ4n) is 3.19. The normalized spacial score (nSPS) is 10.5. The molecule has 0 saturated heterocycles. The van der Waals surface area contributed by atoms with Crippen molar-refractivity contribution in [2.75, 3.05) is 0 Å². The molecular formula is C23H17N2+. The molecule has 0 aliphatic carbocycles. The summed E-state index contributed by atoms with van der Waals surface area (Å²) in [4.78, 5) is 0. The highest BCUT2D eigenvalue weighted by Gasteiger charge is 2.17. The van der Waals surface area contributed by atoms with Gasteiger partial charge in [0.1, 0.15) is 0 Å². The summed E-state index contributed by atoms with van der Waals surface area (Å²) < 4.78 is 2.28. The van der Waals surface area contributed by atoms with Crippen LogP contribution in [0.5, 0.6) is 0 Å². The van der Waals surface area contributed by atoms with Gasteiger partial charge >= 0.3 is 0 Å². The van der Waals surface area contributed by atoms with Crippen LogP contribution in [0, 0.1) is 11.3 Å². The number of aromatic nitrogens is 1. The van der Waals surface area contributed by atoms with Gasteiger partial charge in [-0.25, -0.2) is 0 Å². The molecule has 0 aliphatic heterocycles. The summed E-state index contributed by atoms with van der Waals surface area (Å²) in [7, 11) is 0. The van der Waals surface area contributed by atoms with Crippen LogP contribution >= 0.6 is 0 Å². The van der Waals surface area contributed by atoms with E-state index in [-0.39, 0.29) is 0 Å². The molecule has 4 aromatic rings. The first-order valence-corrected chi connectivity index (χ1v) is 8.31. The number of nitrogens with zero attached hydrogens (tertiary/aromatic N) is 2. The molecule has 0 N–H and O–H groups in total. The van der Waals surface area contributed by atoms with Crippen molar-refractivity contribution in [3.8, 4) is 17.3 Å². The van der Waals surface area contributed by atoms with Crippen LogP contribution in [0.2, 0.25) is 0 Å². The third-order valence-corrected chi connectivity index (χ3v) is 4.42. The third-order valence-electron chi connectivity index (χ3n) is 4.42. The first kappa shape index (κ1) is 15.1. The lowest BCUT2D eigenvalue weighted by Crippen LogP contribution is -2.36. The van der Waals surface area contributed by atoms with Gasteiger partial charge in [0.05, 0.1) is 17.0 Å². The summed E-state index contributed by atoms with van der Waals surface area (Å²) in [5.74, 6) is 0. The molecule has 0 fully saturated rings. The Morgan fingerprint density at radius 2 is 1.48 bits per heavy atom. The van der Waals surface area contributed by atoms with Crippen molar-refractivity contribution in [1.29, 1.82) is 5.26 Å². The zero-order valence-electron chi connectivity index (χ0n) is 13.8. The number of nitriles is 1. The van der Waals surface area contributed by atoms with Crippen molar-refractivity contribution >= 4 is 10.8 Å². The Bertz CT molecular complexity index is 1060. The quantitative estimate of drug-likeness (QED) is 0.502. The van der Waals surface area contributed by atoms with Crippen LogP contribution < -0.4 is 4.57 Å². The minimum atomic E-state index is 0.679. The topological polar surface area (TPSA) is 27.7 Å². The fraction of sp³-hybridized carbons (Fsp3) is 0.0435. The largest absolute Gasteiger partial charge is 0.220 e. The Kier molecular flexibility index (Phi) is 3.98. The number of rotatable bonds is 3. The van der Waals surface area contributed by atoms with E-state index >= 15 is 0 Å². The number of hydrogen-bond donors (Lipinski definition) is 0. The average Bonchev–Trinajstić information content (AvgIpc) is 2.69. The number of benzene rings is 3. The van der Waals surface area contributed by atoms with Crippen LogP contribution in [0.15, 0.2) is 91.1 Å². The first-order chi connectivity index (χ1) is 12.3. The molecule has 0 aliphatic rings. The number of pyridine rings is 1. The highest BCUT2D eigenvalue weighted by Crippen LogP contribution is 2.25. The van der Waals surface area contributed by atoms with Crippen molar-refractivity contribution in [3.63, 3.8) is 0 Å². The van der Waals surface area contributed by atoms with E-state index in [2.05, 4.69) is 71.4 Å². The van der Waals surface area contributed by atoms with Crippen molar-refractivity contribution in [3.05, 3.63) is 102 Å². The zero-order valence-corrected chi connectivity index (χ0v) is 13.8. The Morgan fingerprint density at radius 1 is 0.760 bits per heavy atom. The Labute approximate surface area is 147 Å². The maximum Gasteiger partial charge on any atom is 0.220 e. The smallest absolute Gasteiger partial charge is 0.193 e. The number of fused-ring (bicyclic) bond motifs is 1. The second-order valence-corrected chi connectivity index (χ2v) is 6.05. The van der Waals surface area contributed by atoms with Gasteiger partial charge in [-0.3, -0.25) is 0 Å². The molecule has 2 heteroatoms. The zero-order chi connectivity index (χ0) is 17.1. The van der Waals surface area contributed by atoms with Crippen LogP contribution in [-0.4, -0.2) is 0 Å². The Morgan fingerprint density at radius 3 is 2.24 bits per heavy atom. The molecule has 4 rings (SSSR count). The summed E-state index contributed by atoms with van der Waals surface area (Å²) in [6.45, 7) is 0.807.